The molecule has 1 saturated heterocycles. The maximum Gasteiger partial charge on any atom is 0.246 e. The molecule has 0 unspecified atom stereocenters. The van der Waals surface area contributed by atoms with Crippen LogP contribution in [0.1, 0.15) is 38.2 Å². The van der Waals surface area contributed by atoms with Crippen LogP contribution in [0.4, 0.5) is 5.69 Å². The van der Waals surface area contributed by atoms with E-state index in [2.05, 4.69) is 0 Å². The van der Waals surface area contributed by atoms with E-state index in [9.17, 15) is 9.59 Å². The fourth-order valence-electron chi connectivity index (χ4n) is 3.60. The highest BCUT2D eigenvalue weighted by Gasteiger charge is 2.36. The maximum absolute atomic E-state index is 12.6. The number of amides is 2. The number of hydrogen-bond acceptors (Lipinski definition) is 2. The molecule has 2 fully saturated rings. The number of carbonyl (C=O) groups is 2. The lowest BCUT2D eigenvalue weighted by Crippen LogP contribution is -2.58. The van der Waals surface area contributed by atoms with E-state index in [1.54, 1.807) is 4.90 Å². The average molecular weight is 300 g/mol. The zero-order valence-corrected chi connectivity index (χ0v) is 13.4. The molecule has 3 rings (SSSR count). The Kier molecular flexibility index (Phi) is 4.19. The Hall–Kier alpha value is -1.84. The molecule has 118 valence electrons. The quantitative estimate of drug-likeness (QED) is 0.842. The molecule has 22 heavy (non-hydrogen) atoms. The van der Waals surface area contributed by atoms with Crippen molar-refractivity contribution in [2.45, 2.75) is 45.6 Å². The van der Waals surface area contributed by atoms with Crippen LogP contribution < -0.4 is 4.90 Å². The first-order chi connectivity index (χ1) is 10.6. The highest BCUT2D eigenvalue weighted by atomic mass is 16.2. The van der Waals surface area contributed by atoms with Crippen molar-refractivity contribution in [2.75, 3.05) is 18.0 Å². The van der Waals surface area contributed by atoms with Gasteiger partial charge in [0.15, 0.2) is 0 Å². The largest absolute Gasteiger partial charge is 0.329 e. The predicted molar refractivity (Wildman–Crippen MR) is 86.7 cm³/mol. The average Bonchev–Trinajstić information content (AvgIpc) is 3.03. The first-order valence-electron chi connectivity index (χ1n) is 8.24. The highest BCUT2D eigenvalue weighted by Crippen LogP contribution is 2.29. The van der Waals surface area contributed by atoms with Gasteiger partial charge in [-0.3, -0.25) is 9.59 Å². The van der Waals surface area contributed by atoms with Crippen LogP contribution in [0.3, 0.4) is 0 Å². The van der Waals surface area contributed by atoms with Crippen molar-refractivity contribution in [1.29, 1.82) is 0 Å². The Morgan fingerprint density at radius 1 is 1.23 bits per heavy atom. The Morgan fingerprint density at radius 3 is 2.64 bits per heavy atom. The summed E-state index contributed by atoms with van der Waals surface area (Å²) in [4.78, 5) is 28.7. The zero-order chi connectivity index (χ0) is 15.7. The van der Waals surface area contributed by atoms with E-state index in [1.807, 2.05) is 43.0 Å². The highest BCUT2D eigenvalue weighted by molar-refractivity contribution is 5.98. The van der Waals surface area contributed by atoms with E-state index in [0.29, 0.717) is 6.54 Å². The SMILES string of the molecule is Cc1cccc(N2C[C@@H](C)N(C(=O)C3CCCC3)CC2=O)c1. The molecule has 1 aromatic carbocycles. The van der Waals surface area contributed by atoms with Crippen LogP contribution in [0.25, 0.3) is 0 Å². The summed E-state index contributed by atoms with van der Waals surface area (Å²) in [5.41, 5.74) is 2.08. The van der Waals surface area contributed by atoms with Crippen LogP contribution >= 0.6 is 0 Å². The second-order valence-electron chi connectivity index (χ2n) is 6.64. The van der Waals surface area contributed by atoms with Crippen LogP contribution in [0.2, 0.25) is 0 Å². The van der Waals surface area contributed by atoms with Gasteiger partial charge < -0.3 is 9.80 Å². The predicted octanol–water partition coefficient (Wildman–Crippen LogP) is 2.75. The fourth-order valence-corrected chi connectivity index (χ4v) is 3.60. The summed E-state index contributed by atoms with van der Waals surface area (Å²) in [6, 6.07) is 8.06. The van der Waals surface area contributed by atoms with Crippen molar-refractivity contribution < 1.29 is 9.59 Å². The molecule has 1 heterocycles. The smallest absolute Gasteiger partial charge is 0.246 e. The summed E-state index contributed by atoms with van der Waals surface area (Å²) >= 11 is 0. The summed E-state index contributed by atoms with van der Waals surface area (Å²) in [7, 11) is 0. The second kappa shape index (κ2) is 6.11. The van der Waals surface area contributed by atoms with Crippen LogP contribution in [-0.2, 0) is 9.59 Å². The standard InChI is InChI=1S/C18H24N2O2/c1-13-6-5-9-16(10-13)20-11-14(2)19(12-17(20)21)18(22)15-7-3-4-8-15/h5-6,9-10,14-15H,3-4,7-8,11-12H2,1-2H3/t14-/m1/s1. The molecule has 4 nitrogen and oxygen atoms in total. The lowest BCUT2D eigenvalue weighted by Gasteiger charge is -2.40. The van der Waals surface area contributed by atoms with E-state index >= 15 is 0 Å². The molecule has 0 bridgehead atoms. The lowest BCUT2D eigenvalue weighted by atomic mass is 10.0. The Morgan fingerprint density at radius 2 is 1.95 bits per heavy atom. The van der Waals surface area contributed by atoms with Crippen molar-refractivity contribution >= 4 is 17.5 Å². The van der Waals surface area contributed by atoms with E-state index in [-0.39, 0.29) is 30.3 Å². The van der Waals surface area contributed by atoms with Crippen molar-refractivity contribution in [3.63, 3.8) is 0 Å². The molecular formula is C18H24N2O2. The van der Waals surface area contributed by atoms with Crippen LogP contribution in [-0.4, -0.2) is 35.8 Å². The molecule has 1 aromatic rings. The summed E-state index contributed by atoms with van der Waals surface area (Å²) in [6.45, 7) is 4.87. The minimum Gasteiger partial charge on any atom is -0.329 e. The fraction of sp³-hybridized carbons (Fsp3) is 0.556. The van der Waals surface area contributed by atoms with E-state index in [0.717, 1.165) is 36.9 Å². The van der Waals surface area contributed by atoms with Gasteiger partial charge in [0.25, 0.3) is 0 Å². The lowest BCUT2D eigenvalue weighted by molar-refractivity contribution is -0.142. The van der Waals surface area contributed by atoms with Crippen molar-refractivity contribution in [2.24, 2.45) is 5.92 Å². The molecule has 2 aliphatic rings. The number of hydrogen-bond donors (Lipinski definition) is 0. The molecule has 2 amide bonds. The van der Waals surface area contributed by atoms with Gasteiger partial charge in [0.05, 0.1) is 0 Å². The molecular weight excluding hydrogens is 276 g/mol. The molecule has 1 atom stereocenters. The summed E-state index contributed by atoms with van der Waals surface area (Å²) in [6.07, 6.45) is 4.25. The zero-order valence-electron chi connectivity index (χ0n) is 13.4. The van der Waals surface area contributed by atoms with E-state index in [1.165, 1.54) is 0 Å². The van der Waals surface area contributed by atoms with E-state index < -0.39 is 0 Å². The third kappa shape index (κ3) is 2.87. The number of anilines is 1. The van der Waals surface area contributed by atoms with Crippen LogP contribution in [0.15, 0.2) is 24.3 Å². The second-order valence-corrected chi connectivity index (χ2v) is 6.64. The van der Waals surface area contributed by atoms with Gasteiger partial charge in [-0.25, -0.2) is 0 Å². The third-order valence-electron chi connectivity index (χ3n) is 4.89. The van der Waals surface area contributed by atoms with Gasteiger partial charge in [-0.1, -0.05) is 25.0 Å². The van der Waals surface area contributed by atoms with Gasteiger partial charge in [-0.15, -0.1) is 0 Å². The minimum atomic E-state index is 0.0232. The number of nitrogens with zero attached hydrogens (tertiary/aromatic N) is 2. The summed E-state index contributed by atoms with van der Waals surface area (Å²) in [5, 5.41) is 0. The topological polar surface area (TPSA) is 40.6 Å². The Balaban J connectivity index is 1.73. The van der Waals surface area contributed by atoms with Gasteiger partial charge in [-0.05, 0) is 44.4 Å². The molecule has 0 aromatic heterocycles. The van der Waals surface area contributed by atoms with Crippen LogP contribution in [0, 0.1) is 12.8 Å². The number of rotatable bonds is 2. The van der Waals surface area contributed by atoms with Gasteiger partial charge in [0.2, 0.25) is 11.8 Å². The number of piperazine rings is 1. The molecule has 4 heteroatoms. The molecule has 1 aliphatic heterocycles. The molecule has 0 N–H and O–H groups in total. The number of benzene rings is 1. The molecule has 0 radical (unpaired) electrons. The summed E-state index contributed by atoms with van der Waals surface area (Å²) in [5.74, 6) is 0.345. The van der Waals surface area contributed by atoms with E-state index in [4.69, 9.17) is 0 Å². The monoisotopic (exact) mass is 300 g/mol. The first kappa shape index (κ1) is 15.1. The Labute approximate surface area is 132 Å². The summed E-state index contributed by atoms with van der Waals surface area (Å²) < 4.78 is 0. The van der Waals surface area contributed by atoms with Crippen molar-refractivity contribution in [3.05, 3.63) is 29.8 Å². The van der Waals surface area contributed by atoms with Gasteiger partial charge >= 0.3 is 0 Å². The van der Waals surface area contributed by atoms with Gasteiger partial charge in [0, 0.05) is 24.2 Å². The third-order valence-corrected chi connectivity index (χ3v) is 4.89. The van der Waals surface area contributed by atoms with Crippen LogP contribution in [0.5, 0.6) is 0 Å². The molecule has 1 saturated carbocycles. The van der Waals surface area contributed by atoms with Gasteiger partial charge in [0.1, 0.15) is 6.54 Å². The number of carbonyl (C=O) groups excluding carboxylic acids is 2. The first-order valence-corrected chi connectivity index (χ1v) is 8.24. The maximum atomic E-state index is 12.6. The van der Waals surface area contributed by atoms with Gasteiger partial charge in [-0.2, -0.15) is 0 Å². The molecule has 1 aliphatic carbocycles. The molecule has 0 spiro atoms. The van der Waals surface area contributed by atoms with Crippen molar-refractivity contribution in [3.8, 4) is 0 Å². The Bertz CT molecular complexity index is 578. The number of aryl methyl sites for hydroxylation is 1. The normalized spacial score (nSPS) is 23.2. The van der Waals surface area contributed by atoms with Crippen molar-refractivity contribution in [1.82, 2.24) is 4.90 Å². The minimum absolute atomic E-state index is 0.0232.